The molecule has 1 aromatic heterocycles. The zero-order valence-electron chi connectivity index (χ0n) is 14.6. The van der Waals surface area contributed by atoms with E-state index in [0.717, 1.165) is 0 Å². The van der Waals surface area contributed by atoms with Gasteiger partial charge in [0.25, 0.3) is 0 Å². The Morgan fingerprint density at radius 3 is 2.35 bits per heavy atom. The minimum absolute atomic E-state index is 0.00126. The highest BCUT2D eigenvalue weighted by molar-refractivity contribution is 7.89. The molecule has 2 aromatic rings. The van der Waals surface area contributed by atoms with Crippen LogP contribution in [0.25, 0.3) is 0 Å². The van der Waals surface area contributed by atoms with Crippen LogP contribution in [0.3, 0.4) is 0 Å². The summed E-state index contributed by atoms with van der Waals surface area (Å²) in [5.41, 5.74) is 0.501. The lowest BCUT2D eigenvalue weighted by Gasteiger charge is -2.17. The van der Waals surface area contributed by atoms with E-state index in [1.165, 1.54) is 43.0 Å². The summed E-state index contributed by atoms with van der Waals surface area (Å²) in [6.07, 6.45) is 0. The standard InChI is InChI=1S/C16H20N4O5S/c1-11-10-16(19-25-11)20(13(3)22)9-8-17-26(23,24)15-6-4-14(5-7-15)18-12(2)21/h4-7,10,17H,8-9H2,1-3H3,(H,18,21). The molecular formula is C16H20N4O5S. The highest BCUT2D eigenvalue weighted by Crippen LogP contribution is 2.15. The van der Waals surface area contributed by atoms with E-state index in [1.54, 1.807) is 13.0 Å². The Labute approximate surface area is 151 Å². The Morgan fingerprint density at radius 1 is 1.19 bits per heavy atom. The number of aromatic nitrogens is 1. The van der Waals surface area contributed by atoms with Crippen molar-refractivity contribution >= 4 is 33.3 Å². The maximum atomic E-state index is 12.3. The van der Waals surface area contributed by atoms with Crippen molar-refractivity contribution in [3.63, 3.8) is 0 Å². The summed E-state index contributed by atoms with van der Waals surface area (Å²) in [5.74, 6) is 0.350. The highest BCUT2D eigenvalue weighted by Gasteiger charge is 2.18. The number of rotatable bonds is 7. The number of nitrogens with one attached hydrogen (secondary N) is 2. The summed E-state index contributed by atoms with van der Waals surface area (Å²) in [6, 6.07) is 7.36. The van der Waals surface area contributed by atoms with Gasteiger partial charge in [0, 0.05) is 38.7 Å². The first-order valence-corrected chi connectivity index (χ1v) is 9.26. The highest BCUT2D eigenvalue weighted by atomic mass is 32.2. The van der Waals surface area contributed by atoms with Crippen LogP contribution in [0.4, 0.5) is 11.5 Å². The first-order chi connectivity index (χ1) is 12.2. The number of anilines is 2. The predicted octanol–water partition coefficient (Wildman–Crippen LogP) is 1.27. The van der Waals surface area contributed by atoms with Crippen molar-refractivity contribution in [2.75, 3.05) is 23.3 Å². The Kier molecular flexibility index (Phi) is 6.11. The van der Waals surface area contributed by atoms with Crippen LogP contribution in [0, 0.1) is 6.92 Å². The molecule has 26 heavy (non-hydrogen) atoms. The fourth-order valence-corrected chi connectivity index (χ4v) is 3.23. The van der Waals surface area contributed by atoms with Crippen molar-refractivity contribution in [1.82, 2.24) is 9.88 Å². The smallest absolute Gasteiger partial charge is 0.240 e. The molecule has 0 aliphatic carbocycles. The van der Waals surface area contributed by atoms with Crippen LogP contribution in [0.2, 0.25) is 0 Å². The van der Waals surface area contributed by atoms with Gasteiger partial charge in [-0.15, -0.1) is 0 Å². The van der Waals surface area contributed by atoms with Gasteiger partial charge in [-0.1, -0.05) is 5.16 Å². The number of sulfonamides is 1. The summed E-state index contributed by atoms with van der Waals surface area (Å²) >= 11 is 0. The SMILES string of the molecule is CC(=O)Nc1ccc(S(=O)(=O)NCCN(C(C)=O)c2cc(C)on2)cc1. The number of benzene rings is 1. The van der Waals surface area contributed by atoms with E-state index >= 15 is 0 Å². The number of hydrogen-bond donors (Lipinski definition) is 2. The molecule has 0 bridgehead atoms. The fourth-order valence-electron chi connectivity index (χ4n) is 2.21. The molecule has 2 amide bonds. The molecule has 0 aliphatic rings. The molecule has 0 saturated carbocycles. The topological polar surface area (TPSA) is 122 Å². The van der Waals surface area contributed by atoms with Gasteiger partial charge < -0.3 is 9.84 Å². The lowest BCUT2D eigenvalue weighted by molar-refractivity contribution is -0.116. The van der Waals surface area contributed by atoms with E-state index in [0.29, 0.717) is 17.3 Å². The second-order valence-corrected chi connectivity index (χ2v) is 7.34. The largest absolute Gasteiger partial charge is 0.360 e. The van der Waals surface area contributed by atoms with E-state index in [1.807, 2.05) is 0 Å². The second kappa shape index (κ2) is 8.11. The lowest BCUT2D eigenvalue weighted by atomic mass is 10.3. The van der Waals surface area contributed by atoms with Gasteiger partial charge in [-0.3, -0.25) is 14.5 Å². The molecule has 2 N–H and O–H groups in total. The predicted molar refractivity (Wildman–Crippen MR) is 95.2 cm³/mol. The lowest BCUT2D eigenvalue weighted by Crippen LogP contribution is -2.37. The van der Waals surface area contributed by atoms with E-state index in [9.17, 15) is 18.0 Å². The molecule has 140 valence electrons. The number of aryl methyl sites for hydroxylation is 1. The third-order valence-corrected chi connectivity index (χ3v) is 4.86. The molecule has 0 radical (unpaired) electrons. The van der Waals surface area contributed by atoms with Crippen molar-refractivity contribution in [3.8, 4) is 0 Å². The van der Waals surface area contributed by atoms with Gasteiger partial charge in [-0.05, 0) is 31.2 Å². The first kappa shape index (κ1) is 19.6. The second-order valence-electron chi connectivity index (χ2n) is 5.57. The molecular weight excluding hydrogens is 360 g/mol. The molecule has 0 unspecified atom stereocenters. The molecule has 0 atom stereocenters. The molecule has 10 heteroatoms. The van der Waals surface area contributed by atoms with E-state index in [4.69, 9.17) is 4.52 Å². The van der Waals surface area contributed by atoms with Gasteiger partial charge in [0.15, 0.2) is 5.82 Å². The van der Waals surface area contributed by atoms with E-state index in [2.05, 4.69) is 15.2 Å². The molecule has 0 aliphatic heterocycles. The van der Waals surface area contributed by atoms with Crippen molar-refractivity contribution in [2.24, 2.45) is 0 Å². The number of amides is 2. The van der Waals surface area contributed by atoms with Crippen LogP contribution >= 0.6 is 0 Å². The summed E-state index contributed by atoms with van der Waals surface area (Å²) in [7, 11) is -3.75. The summed E-state index contributed by atoms with van der Waals surface area (Å²) in [6.45, 7) is 4.52. The van der Waals surface area contributed by atoms with Crippen LogP contribution in [-0.2, 0) is 19.6 Å². The van der Waals surface area contributed by atoms with Crippen LogP contribution in [0.1, 0.15) is 19.6 Å². The van der Waals surface area contributed by atoms with Crippen LogP contribution in [0.15, 0.2) is 39.8 Å². The summed E-state index contributed by atoms with van der Waals surface area (Å²) in [5, 5.41) is 6.32. The first-order valence-electron chi connectivity index (χ1n) is 7.78. The fraction of sp³-hybridized carbons (Fsp3) is 0.312. The van der Waals surface area contributed by atoms with Gasteiger partial charge in [-0.2, -0.15) is 0 Å². The van der Waals surface area contributed by atoms with Gasteiger partial charge in [0.05, 0.1) is 4.90 Å². The minimum Gasteiger partial charge on any atom is -0.360 e. The Balaban J connectivity index is 2.00. The van der Waals surface area contributed by atoms with Crippen molar-refractivity contribution in [2.45, 2.75) is 25.7 Å². The van der Waals surface area contributed by atoms with E-state index in [-0.39, 0.29) is 29.8 Å². The zero-order valence-corrected chi connectivity index (χ0v) is 15.5. The van der Waals surface area contributed by atoms with Gasteiger partial charge in [0.2, 0.25) is 21.8 Å². The Morgan fingerprint density at radius 2 is 1.85 bits per heavy atom. The van der Waals surface area contributed by atoms with Crippen LogP contribution in [-0.4, -0.2) is 38.5 Å². The molecule has 0 saturated heterocycles. The number of carbonyl (C=O) groups excluding carboxylic acids is 2. The normalized spacial score (nSPS) is 11.2. The van der Waals surface area contributed by atoms with Crippen molar-refractivity contribution < 1.29 is 22.5 Å². The quantitative estimate of drug-likeness (QED) is 0.746. The van der Waals surface area contributed by atoms with Crippen molar-refractivity contribution in [3.05, 3.63) is 36.1 Å². The molecule has 1 heterocycles. The number of nitrogens with zero attached hydrogens (tertiary/aromatic N) is 2. The third kappa shape index (κ3) is 5.14. The van der Waals surface area contributed by atoms with Crippen LogP contribution in [0.5, 0.6) is 0 Å². The Bertz CT molecular complexity index is 890. The molecule has 0 spiro atoms. The molecule has 9 nitrogen and oxygen atoms in total. The molecule has 0 fully saturated rings. The van der Waals surface area contributed by atoms with Gasteiger partial charge >= 0.3 is 0 Å². The number of hydrogen-bond acceptors (Lipinski definition) is 6. The minimum atomic E-state index is -3.75. The average molecular weight is 380 g/mol. The van der Waals surface area contributed by atoms with Crippen molar-refractivity contribution in [1.29, 1.82) is 0 Å². The van der Waals surface area contributed by atoms with Gasteiger partial charge in [-0.25, -0.2) is 13.1 Å². The van der Waals surface area contributed by atoms with E-state index < -0.39 is 10.0 Å². The molecule has 2 rings (SSSR count). The maximum Gasteiger partial charge on any atom is 0.240 e. The monoisotopic (exact) mass is 380 g/mol. The summed E-state index contributed by atoms with van der Waals surface area (Å²) < 4.78 is 32.0. The van der Waals surface area contributed by atoms with Crippen LogP contribution < -0.4 is 14.9 Å². The zero-order chi connectivity index (χ0) is 19.3. The maximum absolute atomic E-state index is 12.3. The van der Waals surface area contributed by atoms with Gasteiger partial charge in [0.1, 0.15) is 5.76 Å². The summed E-state index contributed by atoms with van der Waals surface area (Å²) in [4.78, 5) is 24.1. The third-order valence-electron chi connectivity index (χ3n) is 3.38. The average Bonchev–Trinajstić information content (AvgIpc) is 2.97. The Hall–Kier alpha value is -2.72. The number of carbonyl (C=O) groups is 2. The molecule has 1 aromatic carbocycles.